The normalized spacial score (nSPS) is 21.0. The van der Waals surface area contributed by atoms with Gasteiger partial charge in [-0.05, 0) is 32.6 Å². The van der Waals surface area contributed by atoms with Gasteiger partial charge >= 0.3 is 0 Å². The summed E-state index contributed by atoms with van der Waals surface area (Å²) in [6, 6.07) is 0. The first kappa shape index (κ1) is 9.05. The Kier molecular flexibility index (Phi) is 3.92. The molecule has 1 saturated carbocycles. The summed E-state index contributed by atoms with van der Waals surface area (Å²) in [7, 11) is 0. The highest BCUT2D eigenvalue weighted by Crippen LogP contribution is 2.23. The Balaban J connectivity index is 2.05. The van der Waals surface area contributed by atoms with Gasteiger partial charge in [-0.1, -0.05) is 19.3 Å². The number of hydrogen-bond acceptors (Lipinski definition) is 1. The van der Waals surface area contributed by atoms with E-state index in [1.54, 1.807) is 0 Å². The zero-order valence-corrected chi connectivity index (χ0v) is 7.81. The summed E-state index contributed by atoms with van der Waals surface area (Å²) in [6.07, 6.45) is 7.49. The van der Waals surface area contributed by atoms with Crippen LogP contribution >= 0.6 is 0 Å². The summed E-state index contributed by atoms with van der Waals surface area (Å²) in [5.41, 5.74) is 0. The van der Waals surface area contributed by atoms with Gasteiger partial charge in [0.15, 0.2) is 0 Å². The summed E-state index contributed by atoms with van der Waals surface area (Å²) in [5.74, 6) is 0.867. The van der Waals surface area contributed by atoms with Gasteiger partial charge in [0.05, 0.1) is 6.10 Å². The molecule has 1 aliphatic carbocycles. The van der Waals surface area contributed by atoms with Crippen LogP contribution in [-0.4, -0.2) is 12.7 Å². The van der Waals surface area contributed by atoms with Crippen LogP contribution in [0.25, 0.3) is 0 Å². The van der Waals surface area contributed by atoms with E-state index in [4.69, 9.17) is 4.74 Å². The fraction of sp³-hybridized carbons (Fsp3) is 1.00. The minimum absolute atomic E-state index is 0.414. The first-order chi connectivity index (χ1) is 5.29. The molecule has 11 heavy (non-hydrogen) atoms. The van der Waals surface area contributed by atoms with Crippen LogP contribution in [0.5, 0.6) is 0 Å². The quantitative estimate of drug-likeness (QED) is 0.610. The Morgan fingerprint density at radius 2 is 1.82 bits per heavy atom. The monoisotopic (exact) mass is 156 g/mol. The molecule has 0 heterocycles. The molecule has 0 aromatic rings. The molecule has 1 aliphatic rings. The van der Waals surface area contributed by atoms with E-state index in [9.17, 15) is 0 Å². The first-order valence-electron chi connectivity index (χ1n) is 4.90. The molecule has 0 amide bonds. The molecule has 1 fully saturated rings. The van der Waals surface area contributed by atoms with E-state index in [1.807, 2.05) is 0 Å². The largest absolute Gasteiger partial charge is 0.379 e. The van der Waals surface area contributed by atoms with Crippen molar-refractivity contribution >= 4 is 0 Å². The van der Waals surface area contributed by atoms with Crippen molar-refractivity contribution in [3.8, 4) is 0 Å². The number of rotatable bonds is 3. The van der Waals surface area contributed by atoms with E-state index in [2.05, 4.69) is 13.8 Å². The maximum atomic E-state index is 5.58. The van der Waals surface area contributed by atoms with Crippen molar-refractivity contribution < 1.29 is 4.74 Å². The van der Waals surface area contributed by atoms with Crippen LogP contribution in [0.3, 0.4) is 0 Å². The van der Waals surface area contributed by atoms with Crippen molar-refractivity contribution in [1.29, 1.82) is 0 Å². The van der Waals surface area contributed by atoms with Gasteiger partial charge in [-0.3, -0.25) is 0 Å². The van der Waals surface area contributed by atoms with Crippen molar-refractivity contribution in [2.45, 2.75) is 52.1 Å². The minimum atomic E-state index is 0.414. The van der Waals surface area contributed by atoms with E-state index in [1.165, 1.54) is 32.1 Å². The Hall–Kier alpha value is -0.0400. The maximum absolute atomic E-state index is 5.58. The zero-order valence-electron chi connectivity index (χ0n) is 7.81. The highest BCUT2D eigenvalue weighted by molar-refractivity contribution is 4.64. The molecular weight excluding hydrogens is 136 g/mol. The molecule has 1 heteroatoms. The molecule has 1 nitrogen and oxygen atoms in total. The molecule has 0 aromatic carbocycles. The SMILES string of the molecule is CC(C)OCC1CCCCC1. The molecule has 0 spiro atoms. The number of ether oxygens (including phenoxy) is 1. The van der Waals surface area contributed by atoms with E-state index in [0.29, 0.717) is 6.10 Å². The maximum Gasteiger partial charge on any atom is 0.0519 e. The Bertz CT molecular complexity index is 93.0. The Labute approximate surface area is 70.1 Å². The summed E-state index contributed by atoms with van der Waals surface area (Å²) in [4.78, 5) is 0. The van der Waals surface area contributed by atoms with Crippen LogP contribution in [-0.2, 0) is 4.74 Å². The lowest BCUT2D eigenvalue weighted by Gasteiger charge is -2.22. The summed E-state index contributed by atoms with van der Waals surface area (Å²) in [5, 5.41) is 0. The fourth-order valence-electron chi connectivity index (χ4n) is 1.68. The second-order valence-electron chi connectivity index (χ2n) is 3.89. The highest BCUT2D eigenvalue weighted by Gasteiger charge is 2.13. The second kappa shape index (κ2) is 4.76. The average Bonchev–Trinajstić information content (AvgIpc) is 2.03. The highest BCUT2D eigenvalue weighted by atomic mass is 16.5. The van der Waals surface area contributed by atoms with Gasteiger partial charge in [-0.15, -0.1) is 0 Å². The van der Waals surface area contributed by atoms with Crippen molar-refractivity contribution in [2.24, 2.45) is 5.92 Å². The van der Waals surface area contributed by atoms with E-state index in [0.717, 1.165) is 12.5 Å². The molecule has 0 bridgehead atoms. The molecule has 0 aliphatic heterocycles. The summed E-state index contributed by atoms with van der Waals surface area (Å²) in [6.45, 7) is 5.23. The van der Waals surface area contributed by atoms with Crippen molar-refractivity contribution in [1.82, 2.24) is 0 Å². The van der Waals surface area contributed by atoms with E-state index >= 15 is 0 Å². The molecule has 1 rings (SSSR count). The molecule has 66 valence electrons. The van der Waals surface area contributed by atoms with Gasteiger partial charge in [-0.25, -0.2) is 0 Å². The third-order valence-electron chi connectivity index (χ3n) is 2.39. The predicted octanol–water partition coefficient (Wildman–Crippen LogP) is 2.99. The average molecular weight is 156 g/mol. The lowest BCUT2D eigenvalue weighted by atomic mass is 9.90. The molecule has 0 aromatic heterocycles. The standard InChI is InChI=1S/C10H20O/c1-9(2)11-8-10-6-4-3-5-7-10/h9-10H,3-8H2,1-2H3. The van der Waals surface area contributed by atoms with Gasteiger partial charge < -0.3 is 4.74 Å². The van der Waals surface area contributed by atoms with Gasteiger partial charge in [0, 0.05) is 6.61 Å². The van der Waals surface area contributed by atoms with Crippen LogP contribution in [0.15, 0.2) is 0 Å². The van der Waals surface area contributed by atoms with Gasteiger partial charge in [-0.2, -0.15) is 0 Å². The topological polar surface area (TPSA) is 9.23 Å². The molecule has 0 radical (unpaired) electrons. The van der Waals surface area contributed by atoms with Crippen LogP contribution in [0.4, 0.5) is 0 Å². The van der Waals surface area contributed by atoms with Crippen LogP contribution in [0, 0.1) is 5.92 Å². The summed E-state index contributed by atoms with van der Waals surface area (Å²) >= 11 is 0. The molecule has 0 unspecified atom stereocenters. The van der Waals surface area contributed by atoms with E-state index in [-0.39, 0.29) is 0 Å². The third kappa shape index (κ3) is 3.76. The Morgan fingerprint density at radius 3 is 2.36 bits per heavy atom. The smallest absolute Gasteiger partial charge is 0.0519 e. The lowest BCUT2D eigenvalue weighted by Crippen LogP contribution is -2.16. The minimum Gasteiger partial charge on any atom is -0.379 e. The summed E-state index contributed by atoms with van der Waals surface area (Å²) < 4.78 is 5.58. The fourth-order valence-corrected chi connectivity index (χ4v) is 1.68. The second-order valence-corrected chi connectivity index (χ2v) is 3.89. The van der Waals surface area contributed by atoms with Crippen molar-refractivity contribution in [2.75, 3.05) is 6.61 Å². The van der Waals surface area contributed by atoms with Gasteiger partial charge in [0.1, 0.15) is 0 Å². The lowest BCUT2D eigenvalue weighted by molar-refractivity contribution is 0.0413. The van der Waals surface area contributed by atoms with Crippen LogP contribution < -0.4 is 0 Å². The first-order valence-corrected chi connectivity index (χ1v) is 4.90. The van der Waals surface area contributed by atoms with Crippen molar-refractivity contribution in [3.63, 3.8) is 0 Å². The molecule has 0 atom stereocenters. The van der Waals surface area contributed by atoms with Crippen LogP contribution in [0.2, 0.25) is 0 Å². The van der Waals surface area contributed by atoms with Crippen LogP contribution in [0.1, 0.15) is 46.0 Å². The molecule has 0 saturated heterocycles. The Morgan fingerprint density at radius 1 is 1.18 bits per heavy atom. The molecule has 0 N–H and O–H groups in total. The van der Waals surface area contributed by atoms with E-state index < -0.39 is 0 Å². The van der Waals surface area contributed by atoms with Crippen molar-refractivity contribution in [3.05, 3.63) is 0 Å². The third-order valence-corrected chi connectivity index (χ3v) is 2.39. The number of hydrogen-bond donors (Lipinski definition) is 0. The zero-order chi connectivity index (χ0) is 8.10. The van der Waals surface area contributed by atoms with Gasteiger partial charge in [0.25, 0.3) is 0 Å². The van der Waals surface area contributed by atoms with Gasteiger partial charge in [0.2, 0.25) is 0 Å². The predicted molar refractivity (Wildman–Crippen MR) is 47.7 cm³/mol. The molecular formula is C10H20O.